The molecule has 74 valence electrons. The molecule has 0 radical (unpaired) electrons. The summed E-state index contributed by atoms with van der Waals surface area (Å²) < 4.78 is 0. The number of H-pyrrole nitrogens is 1. The van der Waals surface area contributed by atoms with Crippen LogP contribution >= 0.6 is 11.3 Å². The van der Waals surface area contributed by atoms with E-state index in [1.54, 1.807) is 11.3 Å². The number of imidazole rings is 1. The number of aromatic nitrogens is 2. The van der Waals surface area contributed by atoms with E-state index in [0.29, 0.717) is 0 Å². The van der Waals surface area contributed by atoms with Crippen LogP contribution in [-0.2, 0) is 6.54 Å². The second kappa shape index (κ2) is 3.84. The second-order valence-electron chi connectivity index (χ2n) is 3.32. The number of aromatic amines is 1. The van der Waals surface area contributed by atoms with E-state index < -0.39 is 0 Å². The number of hydrogen-bond donors (Lipinski definition) is 2. The van der Waals surface area contributed by atoms with Crippen molar-refractivity contribution in [1.82, 2.24) is 9.97 Å². The van der Waals surface area contributed by atoms with Crippen LogP contribution in [0.2, 0.25) is 0 Å². The summed E-state index contributed by atoms with van der Waals surface area (Å²) in [6.07, 6.45) is 1.87. The molecule has 0 spiro atoms. The van der Waals surface area contributed by atoms with Crippen molar-refractivity contribution in [1.29, 1.82) is 0 Å². The Hall–Kier alpha value is -1.29. The van der Waals surface area contributed by atoms with E-state index in [1.807, 2.05) is 13.1 Å². The highest BCUT2D eigenvalue weighted by Crippen LogP contribution is 2.19. The average Bonchev–Trinajstić information content (AvgIpc) is 2.72. The molecule has 0 bridgehead atoms. The van der Waals surface area contributed by atoms with Crippen LogP contribution in [0.5, 0.6) is 0 Å². The lowest BCUT2D eigenvalue weighted by molar-refractivity contribution is 1.05. The van der Waals surface area contributed by atoms with Gasteiger partial charge in [-0.2, -0.15) is 0 Å². The van der Waals surface area contributed by atoms with Gasteiger partial charge in [0.1, 0.15) is 5.82 Å². The Morgan fingerprint density at radius 3 is 2.86 bits per heavy atom. The first-order valence-electron chi connectivity index (χ1n) is 4.53. The number of nitrogens with one attached hydrogen (secondary N) is 2. The molecule has 14 heavy (non-hydrogen) atoms. The van der Waals surface area contributed by atoms with E-state index >= 15 is 0 Å². The lowest BCUT2D eigenvalue weighted by Crippen LogP contribution is -1.99. The van der Waals surface area contributed by atoms with Crippen molar-refractivity contribution < 1.29 is 0 Å². The fourth-order valence-electron chi connectivity index (χ4n) is 1.29. The zero-order valence-electron chi connectivity index (χ0n) is 8.29. The van der Waals surface area contributed by atoms with Gasteiger partial charge in [0.25, 0.3) is 0 Å². The molecule has 0 atom stereocenters. The third kappa shape index (κ3) is 1.96. The number of hydrogen-bond acceptors (Lipinski definition) is 3. The van der Waals surface area contributed by atoms with Crippen molar-refractivity contribution in [3.8, 4) is 0 Å². The molecule has 0 amide bonds. The van der Waals surface area contributed by atoms with E-state index in [1.165, 1.54) is 11.3 Å². The SMILES string of the molecule is Cc1ncc(CNc2cscc2C)[nH]1. The Kier molecular flexibility index (Phi) is 2.54. The van der Waals surface area contributed by atoms with Crippen molar-refractivity contribution in [3.05, 3.63) is 34.0 Å². The third-order valence-electron chi connectivity index (χ3n) is 2.08. The molecule has 3 nitrogen and oxygen atoms in total. The molecule has 0 aliphatic heterocycles. The van der Waals surface area contributed by atoms with Crippen LogP contribution in [0.4, 0.5) is 5.69 Å². The van der Waals surface area contributed by atoms with Crippen LogP contribution in [0, 0.1) is 13.8 Å². The Morgan fingerprint density at radius 1 is 1.43 bits per heavy atom. The molecule has 0 aromatic carbocycles. The smallest absolute Gasteiger partial charge is 0.103 e. The molecule has 2 rings (SSSR count). The van der Waals surface area contributed by atoms with Gasteiger partial charge < -0.3 is 10.3 Å². The zero-order chi connectivity index (χ0) is 9.97. The molecule has 2 N–H and O–H groups in total. The van der Waals surface area contributed by atoms with Gasteiger partial charge in [-0.15, -0.1) is 11.3 Å². The van der Waals surface area contributed by atoms with Gasteiger partial charge in [-0.05, 0) is 24.8 Å². The van der Waals surface area contributed by atoms with E-state index in [0.717, 1.165) is 18.1 Å². The summed E-state index contributed by atoms with van der Waals surface area (Å²) in [5, 5.41) is 7.62. The standard InChI is InChI=1S/C10H13N3S/c1-7-5-14-6-10(7)12-4-9-3-11-8(2)13-9/h3,5-6,12H,4H2,1-2H3,(H,11,13). The number of aryl methyl sites for hydroxylation is 2. The van der Waals surface area contributed by atoms with Gasteiger partial charge in [-0.1, -0.05) is 0 Å². The van der Waals surface area contributed by atoms with Crippen LogP contribution in [0.3, 0.4) is 0 Å². The third-order valence-corrected chi connectivity index (χ3v) is 2.94. The minimum Gasteiger partial charge on any atom is -0.379 e. The Bertz CT molecular complexity index is 416. The Morgan fingerprint density at radius 2 is 2.29 bits per heavy atom. The van der Waals surface area contributed by atoms with Crippen molar-refractivity contribution >= 4 is 17.0 Å². The maximum Gasteiger partial charge on any atom is 0.103 e. The number of anilines is 1. The summed E-state index contributed by atoms with van der Waals surface area (Å²) in [5.41, 5.74) is 3.63. The largest absolute Gasteiger partial charge is 0.379 e. The van der Waals surface area contributed by atoms with E-state index in [9.17, 15) is 0 Å². The van der Waals surface area contributed by atoms with Crippen molar-refractivity contribution in [2.24, 2.45) is 0 Å². The van der Waals surface area contributed by atoms with Gasteiger partial charge >= 0.3 is 0 Å². The van der Waals surface area contributed by atoms with Gasteiger partial charge in [0.15, 0.2) is 0 Å². The maximum atomic E-state index is 4.15. The molecule has 0 unspecified atom stereocenters. The maximum absolute atomic E-state index is 4.15. The predicted octanol–water partition coefficient (Wildman–Crippen LogP) is 2.70. The van der Waals surface area contributed by atoms with Crippen molar-refractivity contribution in [3.63, 3.8) is 0 Å². The van der Waals surface area contributed by atoms with Crippen LogP contribution < -0.4 is 5.32 Å². The molecule has 2 aromatic rings. The molecule has 0 fully saturated rings. The molecule has 4 heteroatoms. The summed E-state index contributed by atoms with van der Waals surface area (Å²) in [6.45, 7) is 4.87. The minimum atomic E-state index is 0.804. The van der Waals surface area contributed by atoms with E-state index in [4.69, 9.17) is 0 Å². The Balaban J connectivity index is 1.98. The van der Waals surface area contributed by atoms with E-state index in [-0.39, 0.29) is 0 Å². The highest BCUT2D eigenvalue weighted by molar-refractivity contribution is 7.08. The monoisotopic (exact) mass is 207 g/mol. The highest BCUT2D eigenvalue weighted by Gasteiger charge is 1.99. The number of nitrogens with zero attached hydrogens (tertiary/aromatic N) is 1. The summed E-state index contributed by atoms with van der Waals surface area (Å²) >= 11 is 1.72. The fraction of sp³-hybridized carbons (Fsp3) is 0.300. The zero-order valence-corrected chi connectivity index (χ0v) is 9.11. The van der Waals surface area contributed by atoms with Gasteiger partial charge in [0, 0.05) is 11.1 Å². The summed E-state index contributed by atoms with van der Waals surface area (Å²) in [7, 11) is 0. The average molecular weight is 207 g/mol. The normalized spacial score (nSPS) is 10.4. The van der Waals surface area contributed by atoms with Gasteiger partial charge in [0.05, 0.1) is 18.4 Å². The minimum absolute atomic E-state index is 0.804. The van der Waals surface area contributed by atoms with Crippen molar-refractivity contribution in [2.45, 2.75) is 20.4 Å². The van der Waals surface area contributed by atoms with Crippen LogP contribution in [0.25, 0.3) is 0 Å². The summed E-state index contributed by atoms with van der Waals surface area (Å²) in [6, 6.07) is 0. The Labute approximate surface area is 87.2 Å². The molecule has 2 aromatic heterocycles. The molecule has 0 saturated carbocycles. The quantitative estimate of drug-likeness (QED) is 0.812. The van der Waals surface area contributed by atoms with E-state index in [2.05, 4.69) is 33.0 Å². The first-order chi connectivity index (χ1) is 6.75. The molecule has 2 heterocycles. The van der Waals surface area contributed by atoms with Crippen LogP contribution in [0.15, 0.2) is 17.0 Å². The number of rotatable bonds is 3. The summed E-state index contributed by atoms with van der Waals surface area (Å²) in [5.74, 6) is 0.962. The molecule has 0 aliphatic carbocycles. The lowest BCUT2D eigenvalue weighted by atomic mass is 10.3. The van der Waals surface area contributed by atoms with Gasteiger partial charge in [0.2, 0.25) is 0 Å². The first kappa shape index (κ1) is 9.27. The summed E-state index contributed by atoms with van der Waals surface area (Å²) in [4.78, 5) is 7.33. The number of thiophene rings is 1. The van der Waals surface area contributed by atoms with Gasteiger partial charge in [-0.25, -0.2) is 4.98 Å². The fourth-order valence-corrected chi connectivity index (χ4v) is 2.10. The van der Waals surface area contributed by atoms with Crippen LogP contribution in [-0.4, -0.2) is 9.97 Å². The molecule has 0 aliphatic rings. The van der Waals surface area contributed by atoms with Crippen molar-refractivity contribution in [2.75, 3.05) is 5.32 Å². The van der Waals surface area contributed by atoms with Gasteiger partial charge in [-0.3, -0.25) is 0 Å². The second-order valence-corrected chi connectivity index (χ2v) is 4.06. The predicted molar refractivity (Wildman–Crippen MR) is 59.7 cm³/mol. The molecule has 0 saturated heterocycles. The van der Waals surface area contributed by atoms with Crippen LogP contribution in [0.1, 0.15) is 17.1 Å². The highest BCUT2D eigenvalue weighted by atomic mass is 32.1. The lowest BCUT2D eigenvalue weighted by Gasteiger charge is -2.02. The first-order valence-corrected chi connectivity index (χ1v) is 5.47. The molecular formula is C10H13N3S. The molecular weight excluding hydrogens is 194 g/mol. The topological polar surface area (TPSA) is 40.7 Å².